The van der Waals surface area contributed by atoms with Crippen LogP contribution in [0, 0.1) is 5.82 Å². The van der Waals surface area contributed by atoms with E-state index in [1.165, 1.54) is 12.1 Å². The van der Waals surface area contributed by atoms with Crippen LogP contribution in [0.3, 0.4) is 0 Å². The van der Waals surface area contributed by atoms with E-state index in [0.29, 0.717) is 25.2 Å². The molecular formula is C30H38F3N7O2. The number of alkyl halides is 2. The van der Waals surface area contributed by atoms with Crippen molar-refractivity contribution in [2.24, 2.45) is 9.98 Å². The number of nitrogens with zero attached hydrogens (tertiary/aromatic N) is 6. The number of hydrogen-bond acceptors (Lipinski definition) is 9. The maximum absolute atomic E-state index is 14.2. The normalized spacial score (nSPS) is 16.3. The van der Waals surface area contributed by atoms with Gasteiger partial charge in [-0.3, -0.25) is 0 Å². The molecule has 0 unspecified atom stereocenters. The van der Waals surface area contributed by atoms with Gasteiger partial charge < -0.3 is 19.9 Å². The maximum atomic E-state index is 14.2. The molecule has 3 aromatic rings. The summed E-state index contributed by atoms with van der Waals surface area (Å²) in [4.78, 5) is 13.1. The van der Waals surface area contributed by atoms with Crippen molar-refractivity contribution in [2.45, 2.75) is 46.1 Å². The Balaban J connectivity index is 0.00000198. The largest absolute Gasteiger partial charge is 0.493 e. The van der Waals surface area contributed by atoms with Crippen LogP contribution in [0.25, 0.3) is 0 Å². The lowest BCUT2D eigenvalue weighted by Gasteiger charge is -2.32. The lowest BCUT2D eigenvalue weighted by molar-refractivity contribution is 0.145. The molecule has 12 heteroatoms. The Kier molecular flexibility index (Phi) is 11.1. The molecule has 0 bridgehead atoms. The van der Waals surface area contributed by atoms with Crippen LogP contribution in [0.15, 0.2) is 44.9 Å². The van der Waals surface area contributed by atoms with Gasteiger partial charge in [-0.05, 0) is 59.8 Å². The van der Waals surface area contributed by atoms with Gasteiger partial charge in [-0.2, -0.15) is 0 Å². The molecule has 0 saturated carbocycles. The molecular weight excluding hydrogens is 547 g/mol. The molecule has 1 aliphatic carbocycles. The molecule has 1 N–H and O–H groups in total. The summed E-state index contributed by atoms with van der Waals surface area (Å²) in [6.45, 7) is 13.3. The van der Waals surface area contributed by atoms with Gasteiger partial charge in [0.25, 0.3) is 6.43 Å². The fourth-order valence-corrected chi connectivity index (χ4v) is 5.14. The highest BCUT2D eigenvalue weighted by molar-refractivity contribution is 5.95. The van der Waals surface area contributed by atoms with Crippen LogP contribution in [0.4, 0.5) is 30.5 Å². The van der Waals surface area contributed by atoms with Crippen LogP contribution in [0.2, 0.25) is 0 Å². The van der Waals surface area contributed by atoms with Gasteiger partial charge in [0, 0.05) is 69.1 Å². The van der Waals surface area contributed by atoms with E-state index in [-0.39, 0.29) is 23.9 Å². The zero-order chi connectivity index (χ0) is 30.1. The summed E-state index contributed by atoms with van der Waals surface area (Å²) in [6.07, 6.45) is -1.02. The fourth-order valence-electron chi connectivity index (χ4n) is 5.14. The van der Waals surface area contributed by atoms with Crippen LogP contribution < -0.4 is 10.1 Å². The number of fused-ring (bicyclic) bond motifs is 1. The van der Waals surface area contributed by atoms with E-state index in [9.17, 15) is 13.2 Å². The molecule has 1 fully saturated rings. The van der Waals surface area contributed by atoms with E-state index in [4.69, 9.17) is 9.37 Å². The lowest BCUT2D eigenvalue weighted by Crippen LogP contribution is -2.44. The Morgan fingerprint density at radius 1 is 1.07 bits per heavy atom. The summed E-state index contributed by atoms with van der Waals surface area (Å²) >= 11 is 0. The summed E-state index contributed by atoms with van der Waals surface area (Å²) in [5, 5.41) is 10.5. The summed E-state index contributed by atoms with van der Waals surface area (Å²) in [5.74, 6) is 0.179. The third kappa shape index (κ3) is 7.54. The summed E-state index contributed by atoms with van der Waals surface area (Å²) in [5.41, 5.74) is 3.08. The number of aliphatic imine (C=N–C) groups is 2. The number of piperazine rings is 1. The third-order valence-electron chi connectivity index (χ3n) is 7.33. The van der Waals surface area contributed by atoms with E-state index in [0.717, 1.165) is 67.6 Å². The molecule has 1 aromatic heterocycles. The highest BCUT2D eigenvalue weighted by Crippen LogP contribution is 2.35. The monoisotopic (exact) mass is 585 g/mol. The quantitative estimate of drug-likeness (QED) is 0.218. The number of aromatic nitrogens is 2. The van der Waals surface area contributed by atoms with Crippen LogP contribution in [0.1, 0.15) is 48.9 Å². The number of anilines is 1. The minimum Gasteiger partial charge on any atom is -0.493 e. The molecule has 0 atom stereocenters. The molecule has 2 aromatic carbocycles. The highest BCUT2D eigenvalue weighted by atomic mass is 19.3. The molecule has 0 radical (unpaired) electrons. The number of rotatable bonds is 11. The molecule has 1 aliphatic heterocycles. The molecule has 2 aliphatic rings. The Morgan fingerprint density at radius 2 is 1.83 bits per heavy atom. The van der Waals surface area contributed by atoms with Crippen LogP contribution in [-0.2, 0) is 19.4 Å². The van der Waals surface area contributed by atoms with Crippen molar-refractivity contribution in [3.8, 4) is 5.75 Å². The Hall–Kier alpha value is -3.77. The molecule has 226 valence electrons. The van der Waals surface area contributed by atoms with Gasteiger partial charge in [0.15, 0.2) is 0 Å². The first-order chi connectivity index (χ1) is 20.4. The van der Waals surface area contributed by atoms with Gasteiger partial charge in [-0.15, -0.1) is 0 Å². The Labute approximate surface area is 244 Å². The topological polar surface area (TPSA) is 91.4 Å². The number of nitrogens with one attached hydrogen (secondary N) is 1. The number of hydrogen-bond donors (Lipinski definition) is 1. The van der Waals surface area contributed by atoms with Crippen LogP contribution >= 0.6 is 0 Å². The molecule has 1 saturated heterocycles. The van der Waals surface area contributed by atoms with E-state index >= 15 is 0 Å². The first kappa shape index (κ1) is 31.2. The maximum Gasteiger partial charge on any atom is 0.268 e. The second-order valence-corrected chi connectivity index (χ2v) is 9.98. The van der Waals surface area contributed by atoms with Crippen molar-refractivity contribution < 1.29 is 22.5 Å². The van der Waals surface area contributed by atoms with E-state index in [2.05, 4.69) is 49.2 Å². The van der Waals surface area contributed by atoms with Gasteiger partial charge in [0.1, 0.15) is 11.6 Å². The number of ether oxygens (including phenoxy) is 1. The standard InChI is InChI=1S/C28H32F3N7O2.C2H6/c1-32-27-28(36-40-35-27)34-19-15-18-7-8-24(39-14-4-9-38-12-10-37(2)11-13-38)21(20(18)16-19)17-33-23-6-3-5-22(29)25(23)26(30)31;1-2/h3,5-8,26,33H,1,4,9-17H2,2H3;1-2H3. The van der Waals surface area contributed by atoms with E-state index in [1.54, 1.807) is 0 Å². The van der Waals surface area contributed by atoms with Crippen molar-refractivity contribution in [1.82, 2.24) is 20.1 Å². The Bertz CT molecular complexity index is 1370. The average Bonchev–Trinajstić information content (AvgIpc) is 3.62. The Morgan fingerprint density at radius 3 is 2.57 bits per heavy atom. The van der Waals surface area contributed by atoms with Gasteiger partial charge in [-0.25, -0.2) is 27.8 Å². The van der Waals surface area contributed by atoms with Gasteiger partial charge in [0.2, 0.25) is 11.6 Å². The number of halogens is 3. The smallest absolute Gasteiger partial charge is 0.268 e. The summed E-state index contributed by atoms with van der Waals surface area (Å²) in [7, 11) is 2.13. The van der Waals surface area contributed by atoms with Gasteiger partial charge in [0.05, 0.1) is 12.2 Å². The van der Waals surface area contributed by atoms with Crippen molar-refractivity contribution in [3.63, 3.8) is 0 Å². The molecule has 5 rings (SSSR count). The van der Waals surface area contributed by atoms with Gasteiger partial charge >= 0.3 is 0 Å². The van der Waals surface area contributed by atoms with E-state index in [1.807, 2.05) is 26.0 Å². The predicted molar refractivity (Wildman–Crippen MR) is 159 cm³/mol. The predicted octanol–water partition coefficient (Wildman–Crippen LogP) is 6.00. The first-order valence-corrected chi connectivity index (χ1v) is 14.3. The second kappa shape index (κ2) is 14.9. The highest BCUT2D eigenvalue weighted by Gasteiger charge is 2.25. The minimum absolute atomic E-state index is 0.0517. The molecule has 0 spiro atoms. The zero-order valence-electron chi connectivity index (χ0n) is 24.4. The summed E-state index contributed by atoms with van der Waals surface area (Å²) in [6, 6.07) is 7.81. The van der Waals surface area contributed by atoms with Crippen LogP contribution in [-0.4, -0.2) is 78.9 Å². The van der Waals surface area contributed by atoms with Crippen molar-refractivity contribution in [1.29, 1.82) is 0 Å². The molecule has 9 nitrogen and oxygen atoms in total. The first-order valence-electron chi connectivity index (χ1n) is 14.3. The zero-order valence-corrected chi connectivity index (χ0v) is 24.4. The SMILES string of the molecule is C=Nc1nonc1N=C1Cc2ccc(OCCCN3CCN(C)CC3)c(CNc3cccc(F)c3C(F)F)c2C1.CC. The van der Waals surface area contributed by atoms with Crippen molar-refractivity contribution >= 4 is 29.8 Å². The number of likely N-dealkylation sites (N-methyl/N-ethyl adjacent to an activating group) is 1. The molecule has 42 heavy (non-hydrogen) atoms. The summed E-state index contributed by atoms with van der Waals surface area (Å²) < 4.78 is 52.4. The molecule has 0 amide bonds. The number of benzene rings is 2. The minimum atomic E-state index is -2.95. The average molecular weight is 586 g/mol. The van der Waals surface area contributed by atoms with E-state index < -0.39 is 17.8 Å². The third-order valence-corrected chi connectivity index (χ3v) is 7.33. The van der Waals surface area contributed by atoms with Crippen LogP contribution in [0.5, 0.6) is 5.75 Å². The fraction of sp³-hybridized carbons (Fsp3) is 0.467. The lowest BCUT2D eigenvalue weighted by atomic mass is 10.0. The molecule has 2 heterocycles. The van der Waals surface area contributed by atoms with Crippen molar-refractivity contribution in [3.05, 3.63) is 58.4 Å². The van der Waals surface area contributed by atoms with Gasteiger partial charge in [-0.1, -0.05) is 26.0 Å². The van der Waals surface area contributed by atoms with Crippen molar-refractivity contribution in [2.75, 3.05) is 51.7 Å². The second-order valence-electron chi connectivity index (χ2n) is 9.98.